The Hall–Kier alpha value is -1.91. The molecule has 0 bridgehead atoms. The van der Waals surface area contributed by atoms with Crippen LogP contribution in [0.15, 0.2) is 36.4 Å². The normalized spacial score (nSPS) is 10.3. The van der Waals surface area contributed by atoms with Crippen molar-refractivity contribution in [2.24, 2.45) is 0 Å². The van der Waals surface area contributed by atoms with Crippen molar-refractivity contribution in [1.82, 2.24) is 0 Å². The highest BCUT2D eigenvalue weighted by Crippen LogP contribution is 2.22. The molecule has 0 saturated heterocycles. The summed E-state index contributed by atoms with van der Waals surface area (Å²) in [7, 11) is 0. The Balaban J connectivity index is 2.08. The molecule has 4 nitrogen and oxygen atoms in total. The Bertz CT molecular complexity index is 639. The van der Waals surface area contributed by atoms with Crippen molar-refractivity contribution in [2.75, 3.05) is 11.5 Å². The SMILES string of the molecule is Nc1cc(N)cc(C(=O)OCc2ccc(Cl)cc2Cl)c1. The average molecular weight is 311 g/mol. The van der Waals surface area contributed by atoms with Gasteiger partial charge in [-0.3, -0.25) is 0 Å². The predicted molar refractivity (Wildman–Crippen MR) is 80.8 cm³/mol. The Morgan fingerprint density at radius 1 is 1.05 bits per heavy atom. The van der Waals surface area contributed by atoms with Gasteiger partial charge in [-0.1, -0.05) is 29.3 Å². The maximum atomic E-state index is 11.9. The largest absolute Gasteiger partial charge is 0.457 e. The van der Waals surface area contributed by atoms with Gasteiger partial charge in [0, 0.05) is 27.0 Å². The number of ether oxygens (including phenoxy) is 1. The minimum Gasteiger partial charge on any atom is -0.457 e. The lowest BCUT2D eigenvalue weighted by atomic mass is 10.2. The number of esters is 1. The van der Waals surface area contributed by atoms with E-state index in [1.165, 1.54) is 12.1 Å². The van der Waals surface area contributed by atoms with Gasteiger partial charge in [-0.05, 0) is 30.3 Å². The molecule has 0 aliphatic heterocycles. The van der Waals surface area contributed by atoms with Crippen molar-refractivity contribution in [1.29, 1.82) is 0 Å². The zero-order valence-corrected chi connectivity index (χ0v) is 11.9. The Labute approximate surface area is 126 Å². The first-order chi connectivity index (χ1) is 9.45. The number of nitrogens with two attached hydrogens (primary N) is 2. The van der Waals surface area contributed by atoms with Crippen molar-refractivity contribution in [3.05, 3.63) is 57.6 Å². The van der Waals surface area contributed by atoms with Gasteiger partial charge in [0.15, 0.2) is 0 Å². The van der Waals surface area contributed by atoms with Gasteiger partial charge in [0.05, 0.1) is 5.56 Å². The van der Waals surface area contributed by atoms with Crippen molar-refractivity contribution in [2.45, 2.75) is 6.61 Å². The molecule has 20 heavy (non-hydrogen) atoms. The molecule has 104 valence electrons. The van der Waals surface area contributed by atoms with Crippen LogP contribution in [0.5, 0.6) is 0 Å². The van der Waals surface area contributed by atoms with Crippen LogP contribution in [-0.4, -0.2) is 5.97 Å². The predicted octanol–water partition coefficient (Wildman–Crippen LogP) is 3.51. The summed E-state index contributed by atoms with van der Waals surface area (Å²) in [6, 6.07) is 9.53. The van der Waals surface area contributed by atoms with E-state index in [1.54, 1.807) is 24.3 Å². The van der Waals surface area contributed by atoms with Crippen molar-refractivity contribution in [3.63, 3.8) is 0 Å². The van der Waals surface area contributed by atoms with Crippen LogP contribution in [-0.2, 0) is 11.3 Å². The van der Waals surface area contributed by atoms with Crippen LogP contribution in [0.1, 0.15) is 15.9 Å². The molecule has 0 fully saturated rings. The van der Waals surface area contributed by atoms with E-state index in [4.69, 9.17) is 39.4 Å². The van der Waals surface area contributed by atoms with E-state index in [9.17, 15) is 4.79 Å². The van der Waals surface area contributed by atoms with Crippen molar-refractivity contribution < 1.29 is 9.53 Å². The molecule has 6 heteroatoms. The quantitative estimate of drug-likeness (QED) is 0.671. The number of nitrogen functional groups attached to an aromatic ring is 2. The molecule has 0 aliphatic rings. The van der Waals surface area contributed by atoms with Gasteiger partial charge < -0.3 is 16.2 Å². The molecule has 2 aromatic carbocycles. The zero-order chi connectivity index (χ0) is 14.7. The van der Waals surface area contributed by atoms with Gasteiger partial charge in [-0.2, -0.15) is 0 Å². The van der Waals surface area contributed by atoms with Gasteiger partial charge in [0.25, 0.3) is 0 Å². The fourth-order valence-electron chi connectivity index (χ4n) is 1.66. The molecule has 0 saturated carbocycles. The smallest absolute Gasteiger partial charge is 0.338 e. The van der Waals surface area contributed by atoms with Gasteiger partial charge in [0.1, 0.15) is 6.61 Å². The summed E-state index contributed by atoms with van der Waals surface area (Å²) in [4.78, 5) is 11.9. The summed E-state index contributed by atoms with van der Waals surface area (Å²) < 4.78 is 5.17. The molecule has 2 rings (SSSR count). The van der Waals surface area contributed by atoms with Crippen LogP contribution in [0, 0.1) is 0 Å². The lowest BCUT2D eigenvalue weighted by molar-refractivity contribution is 0.0473. The maximum Gasteiger partial charge on any atom is 0.338 e. The maximum absolute atomic E-state index is 11.9. The van der Waals surface area contributed by atoms with Gasteiger partial charge in [0.2, 0.25) is 0 Å². The van der Waals surface area contributed by atoms with Crippen LogP contribution in [0.2, 0.25) is 10.0 Å². The van der Waals surface area contributed by atoms with E-state index in [0.29, 0.717) is 32.5 Å². The van der Waals surface area contributed by atoms with Crippen LogP contribution in [0.3, 0.4) is 0 Å². The van der Waals surface area contributed by atoms with Crippen LogP contribution in [0.4, 0.5) is 11.4 Å². The highest BCUT2D eigenvalue weighted by atomic mass is 35.5. The van der Waals surface area contributed by atoms with E-state index in [2.05, 4.69) is 0 Å². The van der Waals surface area contributed by atoms with Gasteiger partial charge in [-0.25, -0.2) is 4.79 Å². The molecule has 0 aliphatic carbocycles. The van der Waals surface area contributed by atoms with E-state index >= 15 is 0 Å². The summed E-state index contributed by atoms with van der Waals surface area (Å²) in [6.07, 6.45) is 0. The monoisotopic (exact) mass is 310 g/mol. The lowest BCUT2D eigenvalue weighted by Crippen LogP contribution is -2.07. The minimum atomic E-state index is -0.519. The topological polar surface area (TPSA) is 78.3 Å². The third kappa shape index (κ3) is 3.56. The molecule has 0 unspecified atom stereocenters. The zero-order valence-electron chi connectivity index (χ0n) is 10.4. The summed E-state index contributed by atoms with van der Waals surface area (Å²) in [5.41, 5.74) is 13.0. The van der Waals surface area contributed by atoms with Crippen molar-refractivity contribution in [3.8, 4) is 0 Å². The highest BCUT2D eigenvalue weighted by Gasteiger charge is 2.10. The Kier molecular flexibility index (Phi) is 4.37. The number of anilines is 2. The molecule has 0 amide bonds. The standard InChI is InChI=1S/C14H12Cl2N2O2/c15-10-2-1-8(13(16)5-10)7-20-14(19)9-3-11(17)6-12(18)4-9/h1-6H,7,17-18H2. The van der Waals surface area contributed by atoms with Gasteiger partial charge in [-0.15, -0.1) is 0 Å². The number of benzene rings is 2. The summed E-state index contributed by atoms with van der Waals surface area (Å²) in [5.74, 6) is -0.519. The molecule has 4 N–H and O–H groups in total. The number of carbonyl (C=O) groups is 1. The van der Waals surface area contributed by atoms with E-state index in [1.807, 2.05) is 0 Å². The summed E-state index contributed by atoms with van der Waals surface area (Å²) in [5, 5.41) is 0.964. The third-order valence-corrected chi connectivity index (χ3v) is 3.17. The summed E-state index contributed by atoms with van der Waals surface area (Å²) in [6.45, 7) is 0.0452. The Morgan fingerprint density at radius 2 is 1.70 bits per heavy atom. The number of rotatable bonds is 3. The fraction of sp³-hybridized carbons (Fsp3) is 0.0714. The lowest BCUT2D eigenvalue weighted by Gasteiger charge is -2.08. The van der Waals surface area contributed by atoms with Crippen molar-refractivity contribution >= 4 is 40.5 Å². The second-order valence-electron chi connectivity index (χ2n) is 4.20. The number of halogens is 2. The van der Waals surface area contributed by atoms with E-state index < -0.39 is 5.97 Å². The molecule has 0 spiro atoms. The molecule has 0 aromatic heterocycles. The molecule has 0 radical (unpaired) electrons. The first-order valence-corrected chi connectivity index (χ1v) is 6.48. The molecular weight excluding hydrogens is 299 g/mol. The van der Waals surface area contributed by atoms with Crippen LogP contribution in [0.25, 0.3) is 0 Å². The van der Waals surface area contributed by atoms with Crippen LogP contribution >= 0.6 is 23.2 Å². The van der Waals surface area contributed by atoms with E-state index in [0.717, 1.165) is 0 Å². The average Bonchev–Trinajstić information content (AvgIpc) is 2.36. The first kappa shape index (κ1) is 14.5. The first-order valence-electron chi connectivity index (χ1n) is 5.73. The molecular formula is C14H12Cl2N2O2. The molecule has 0 heterocycles. The molecule has 2 aromatic rings. The number of hydrogen-bond donors (Lipinski definition) is 2. The van der Waals surface area contributed by atoms with E-state index in [-0.39, 0.29) is 6.61 Å². The van der Waals surface area contributed by atoms with Gasteiger partial charge >= 0.3 is 5.97 Å². The summed E-state index contributed by atoms with van der Waals surface area (Å²) >= 11 is 11.8. The minimum absolute atomic E-state index is 0.0452. The highest BCUT2D eigenvalue weighted by molar-refractivity contribution is 6.35. The third-order valence-electron chi connectivity index (χ3n) is 2.59. The second-order valence-corrected chi connectivity index (χ2v) is 5.04. The Morgan fingerprint density at radius 3 is 2.30 bits per heavy atom. The number of carbonyl (C=O) groups excluding carboxylic acids is 1. The van der Waals surface area contributed by atoms with Crippen LogP contribution < -0.4 is 11.5 Å². The number of hydrogen-bond acceptors (Lipinski definition) is 4. The second kappa shape index (κ2) is 6.03. The molecule has 0 atom stereocenters. The fourth-order valence-corrected chi connectivity index (χ4v) is 2.12.